The first-order valence-electron chi connectivity index (χ1n) is 3.94. The van der Waals surface area contributed by atoms with E-state index in [1.54, 1.807) is 11.3 Å². The van der Waals surface area contributed by atoms with Gasteiger partial charge in [0.25, 0.3) is 0 Å². The van der Waals surface area contributed by atoms with Gasteiger partial charge < -0.3 is 5.73 Å². The second-order valence-corrected chi connectivity index (χ2v) is 5.39. The van der Waals surface area contributed by atoms with Crippen molar-refractivity contribution in [3.8, 4) is 0 Å². The summed E-state index contributed by atoms with van der Waals surface area (Å²) in [6.07, 6.45) is 0. The number of hydrogen-bond acceptors (Lipinski definition) is 2. The summed E-state index contributed by atoms with van der Waals surface area (Å²) in [4.78, 5) is 2.38. The first-order valence-corrected chi connectivity index (χ1v) is 5.13. The van der Waals surface area contributed by atoms with Crippen LogP contribution < -0.4 is 5.73 Å². The van der Waals surface area contributed by atoms with Crippen molar-refractivity contribution in [1.82, 2.24) is 0 Å². The molecule has 0 aliphatic rings. The van der Waals surface area contributed by atoms with Crippen molar-refractivity contribution < 1.29 is 0 Å². The van der Waals surface area contributed by atoms with Crippen LogP contribution in [0.4, 0.5) is 0 Å². The zero-order valence-corrected chi connectivity index (χ0v) is 9.22. The van der Waals surface area contributed by atoms with E-state index in [-0.39, 0.29) is 5.41 Å². The van der Waals surface area contributed by atoms with Crippen LogP contribution >= 0.6 is 22.9 Å². The molecular weight excluding hydrogens is 190 g/mol. The molecule has 0 fully saturated rings. The van der Waals surface area contributed by atoms with Crippen molar-refractivity contribution in [2.45, 2.75) is 32.7 Å². The van der Waals surface area contributed by atoms with Crippen molar-refractivity contribution >= 4 is 22.9 Å². The molecule has 0 atom stereocenters. The summed E-state index contributed by atoms with van der Waals surface area (Å²) >= 11 is 7.77. The highest BCUT2D eigenvalue weighted by Gasteiger charge is 2.20. The molecule has 0 amide bonds. The summed E-state index contributed by atoms with van der Waals surface area (Å²) in [5, 5.41) is 0.855. The molecule has 0 spiro atoms. The lowest BCUT2D eigenvalue weighted by Gasteiger charge is -2.16. The van der Waals surface area contributed by atoms with E-state index >= 15 is 0 Å². The lowest BCUT2D eigenvalue weighted by Crippen LogP contribution is -2.08. The molecule has 3 heteroatoms. The summed E-state index contributed by atoms with van der Waals surface area (Å²) in [5.74, 6) is 0. The third-order valence-electron chi connectivity index (χ3n) is 1.62. The normalized spacial score (nSPS) is 12.1. The van der Waals surface area contributed by atoms with Gasteiger partial charge in [-0.1, -0.05) is 32.4 Å². The van der Waals surface area contributed by atoms with Crippen LogP contribution in [0, 0.1) is 0 Å². The van der Waals surface area contributed by atoms with E-state index in [0.717, 1.165) is 9.90 Å². The van der Waals surface area contributed by atoms with Crippen molar-refractivity contribution in [3.05, 3.63) is 20.8 Å². The molecule has 0 saturated heterocycles. The van der Waals surface area contributed by atoms with Crippen LogP contribution in [0.5, 0.6) is 0 Å². The van der Waals surface area contributed by atoms with Crippen LogP contribution in [0.2, 0.25) is 5.02 Å². The molecule has 2 N–H and O–H groups in total. The van der Waals surface area contributed by atoms with Crippen molar-refractivity contribution in [3.63, 3.8) is 0 Å². The average molecular weight is 204 g/mol. The monoisotopic (exact) mass is 203 g/mol. The van der Waals surface area contributed by atoms with E-state index in [1.807, 2.05) is 6.07 Å². The predicted octanol–water partition coefficient (Wildman–Crippen LogP) is 3.16. The number of nitrogens with two attached hydrogens (primary N) is 1. The molecule has 1 aromatic heterocycles. The van der Waals surface area contributed by atoms with Gasteiger partial charge >= 0.3 is 0 Å². The number of halogens is 1. The Labute approximate surface area is 82.5 Å². The van der Waals surface area contributed by atoms with Gasteiger partial charge in [0.05, 0.1) is 5.02 Å². The van der Waals surface area contributed by atoms with Crippen LogP contribution in [-0.4, -0.2) is 0 Å². The van der Waals surface area contributed by atoms with E-state index in [1.165, 1.54) is 4.88 Å². The van der Waals surface area contributed by atoms with Gasteiger partial charge in [0.15, 0.2) is 0 Å². The SMILES string of the molecule is CC(C)(C)c1sc(CN)cc1Cl. The minimum atomic E-state index is 0.134. The van der Waals surface area contributed by atoms with Crippen molar-refractivity contribution in [2.24, 2.45) is 5.73 Å². The van der Waals surface area contributed by atoms with Gasteiger partial charge in [-0.3, -0.25) is 0 Å². The predicted molar refractivity (Wildman–Crippen MR) is 55.9 cm³/mol. The number of hydrogen-bond donors (Lipinski definition) is 1. The Hall–Kier alpha value is -0.0500. The number of rotatable bonds is 1. The van der Waals surface area contributed by atoms with Gasteiger partial charge in [0, 0.05) is 16.3 Å². The summed E-state index contributed by atoms with van der Waals surface area (Å²) < 4.78 is 0. The van der Waals surface area contributed by atoms with E-state index in [4.69, 9.17) is 17.3 Å². The summed E-state index contributed by atoms with van der Waals surface area (Å²) in [6.45, 7) is 7.06. The van der Waals surface area contributed by atoms with Gasteiger partial charge in [-0.25, -0.2) is 0 Å². The van der Waals surface area contributed by atoms with Crippen LogP contribution in [0.25, 0.3) is 0 Å². The van der Waals surface area contributed by atoms with E-state index in [9.17, 15) is 0 Å². The second-order valence-electron chi connectivity index (χ2n) is 3.84. The van der Waals surface area contributed by atoms with Crippen LogP contribution in [0.1, 0.15) is 30.5 Å². The fraction of sp³-hybridized carbons (Fsp3) is 0.556. The minimum Gasteiger partial charge on any atom is -0.326 e. The molecule has 1 heterocycles. The third kappa shape index (κ3) is 2.00. The van der Waals surface area contributed by atoms with Gasteiger partial charge in [-0.15, -0.1) is 11.3 Å². The highest BCUT2D eigenvalue weighted by atomic mass is 35.5. The standard InChI is InChI=1S/C9H14ClNS/c1-9(2,3)8-7(10)4-6(5-11)12-8/h4H,5,11H2,1-3H3. The Morgan fingerprint density at radius 3 is 2.33 bits per heavy atom. The molecule has 0 saturated carbocycles. The molecular formula is C9H14ClNS. The lowest BCUT2D eigenvalue weighted by molar-refractivity contribution is 0.604. The van der Waals surface area contributed by atoms with Crippen LogP contribution in [0.15, 0.2) is 6.07 Å². The van der Waals surface area contributed by atoms with E-state index in [2.05, 4.69) is 20.8 Å². The molecule has 1 aromatic rings. The smallest absolute Gasteiger partial charge is 0.0553 e. The highest BCUT2D eigenvalue weighted by molar-refractivity contribution is 7.12. The molecule has 0 aliphatic carbocycles. The maximum atomic E-state index is 6.06. The zero-order chi connectivity index (χ0) is 9.35. The molecule has 0 radical (unpaired) electrons. The van der Waals surface area contributed by atoms with Crippen molar-refractivity contribution in [1.29, 1.82) is 0 Å². The van der Waals surface area contributed by atoms with E-state index < -0.39 is 0 Å². The van der Waals surface area contributed by atoms with Crippen LogP contribution in [0.3, 0.4) is 0 Å². The molecule has 68 valence electrons. The molecule has 0 unspecified atom stereocenters. The summed E-state index contributed by atoms with van der Waals surface area (Å²) in [7, 11) is 0. The van der Waals surface area contributed by atoms with Gasteiger partial charge in [-0.05, 0) is 11.5 Å². The Kier molecular flexibility index (Phi) is 2.81. The Balaban J connectivity index is 3.08. The van der Waals surface area contributed by atoms with Gasteiger partial charge in [0.1, 0.15) is 0 Å². The quantitative estimate of drug-likeness (QED) is 0.746. The van der Waals surface area contributed by atoms with Crippen molar-refractivity contribution in [2.75, 3.05) is 0 Å². The first kappa shape index (κ1) is 10.0. The maximum absolute atomic E-state index is 6.06. The fourth-order valence-corrected chi connectivity index (χ4v) is 2.61. The van der Waals surface area contributed by atoms with Gasteiger partial charge in [-0.2, -0.15) is 0 Å². The highest BCUT2D eigenvalue weighted by Crippen LogP contribution is 2.36. The first-order chi connectivity index (χ1) is 5.45. The molecule has 0 aliphatic heterocycles. The zero-order valence-electron chi connectivity index (χ0n) is 7.65. The lowest BCUT2D eigenvalue weighted by atomic mass is 9.95. The molecule has 12 heavy (non-hydrogen) atoms. The second kappa shape index (κ2) is 3.36. The topological polar surface area (TPSA) is 26.0 Å². The number of thiophene rings is 1. The fourth-order valence-electron chi connectivity index (χ4n) is 1.03. The van der Waals surface area contributed by atoms with Crippen LogP contribution in [-0.2, 0) is 12.0 Å². The molecule has 0 aromatic carbocycles. The summed E-state index contributed by atoms with van der Waals surface area (Å²) in [6, 6.07) is 1.97. The Bertz CT molecular complexity index is 273. The Morgan fingerprint density at radius 1 is 1.50 bits per heavy atom. The maximum Gasteiger partial charge on any atom is 0.0553 e. The third-order valence-corrected chi connectivity index (χ3v) is 3.61. The molecule has 1 rings (SSSR count). The Morgan fingerprint density at radius 2 is 2.08 bits per heavy atom. The molecule has 0 bridgehead atoms. The average Bonchev–Trinajstić information content (AvgIpc) is 2.29. The summed E-state index contributed by atoms with van der Waals surface area (Å²) in [5.41, 5.74) is 5.66. The largest absolute Gasteiger partial charge is 0.326 e. The van der Waals surface area contributed by atoms with E-state index in [0.29, 0.717) is 6.54 Å². The van der Waals surface area contributed by atoms with Gasteiger partial charge in [0.2, 0.25) is 0 Å². The minimum absolute atomic E-state index is 0.134. The molecule has 1 nitrogen and oxygen atoms in total.